The molecule has 0 spiro atoms. The highest BCUT2D eigenvalue weighted by Crippen LogP contribution is 2.29. The van der Waals surface area contributed by atoms with E-state index in [0.29, 0.717) is 36.7 Å². The average molecular weight is 851 g/mol. The van der Waals surface area contributed by atoms with Crippen LogP contribution in [0.4, 0.5) is 0 Å². The van der Waals surface area contributed by atoms with Gasteiger partial charge in [-0.15, -0.1) is 0 Å². The molecule has 1 heterocycles. The van der Waals surface area contributed by atoms with Crippen molar-refractivity contribution in [1.29, 1.82) is 5.41 Å². The quantitative estimate of drug-likeness (QED) is 0.0130. The first-order valence-corrected chi connectivity index (χ1v) is 21.7. The lowest BCUT2D eigenvalue weighted by Crippen LogP contribution is -2.60. The third-order valence-electron chi connectivity index (χ3n) is 10.5. The molecule has 1 aliphatic carbocycles. The standard InChI is InChI=1S/C48H74N4O9/c1-8-59-39-29-28-38(54)41(39)51-46(58)36(5)27-21-13-11-9-10-12-20-26-35(4)45(61-47-44(57)43(56)42(55)40(32-53)60-47)37(6)31-34(3)25-19-16-18-24-33(2)23-17-14-15-22-30-52(7)48(49)50/h9-14,17-18,20-21,24,26-27,31,33-35,40,42-45,47,53,55-57H,8,15-16,19,22-23,25,28-30,32H2,1-7H3,(H3,49,50)(H,51,58). The van der Waals surface area contributed by atoms with E-state index in [-0.39, 0.29) is 35.2 Å². The van der Waals surface area contributed by atoms with E-state index in [1.54, 1.807) is 30.1 Å². The summed E-state index contributed by atoms with van der Waals surface area (Å²) in [4.78, 5) is 26.5. The van der Waals surface area contributed by atoms with Crippen molar-refractivity contribution in [1.82, 2.24) is 10.2 Å². The molecule has 0 radical (unpaired) electrons. The van der Waals surface area contributed by atoms with Gasteiger partial charge < -0.3 is 50.6 Å². The number of nitrogens with one attached hydrogen (secondary N) is 2. The average Bonchev–Trinajstić information content (AvgIpc) is 3.56. The molecule has 0 bridgehead atoms. The summed E-state index contributed by atoms with van der Waals surface area (Å²) in [5.74, 6) is 0.622. The predicted molar refractivity (Wildman–Crippen MR) is 242 cm³/mol. The number of hydrogen-bond donors (Lipinski definition) is 7. The zero-order chi connectivity index (χ0) is 45.3. The molecule has 2 aliphatic rings. The number of guanidine groups is 1. The summed E-state index contributed by atoms with van der Waals surface area (Å²) in [6.07, 6.45) is 26.8. The number of carbonyl (C=O) groups excluding carboxylic acids is 2. The molecule has 1 saturated heterocycles. The van der Waals surface area contributed by atoms with Gasteiger partial charge in [0.15, 0.2) is 18.0 Å². The van der Waals surface area contributed by atoms with Crippen molar-refractivity contribution in [3.8, 4) is 0 Å². The second-order valence-corrected chi connectivity index (χ2v) is 16.0. The second-order valence-electron chi connectivity index (χ2n) is 16.0. The molecular formula is C48H74N4O9. The molecule has 1 fully saturated rings. The molecule has 0 aromatic carbocycles. The van der Waals surface area contributed by atoms with Gasteiger partial charge in [-0.1, -0.05) is 106 Å². The predicted octanol–water partition coefficient (Wildman–Crippen LogP) is 6.20. The SMILES string of the molecule is CCOC1=C(NC(=O)C(C)=CC=CC=CC=CC=CC(C)C(OC2OC(CO)C(O)C(O)C2O)C(C)=CC(C)CCCC=CC(C)CC=CCCCN(C)C(=N)N)C(=O)CC1. The minimum Gasteiger partial charge on any atom is -0.496 e. The fourth-order valence-electron chi connectivity index (χ4n) is 6.80. The Morgan fingerprint density at radius 3 is 2.28 bits per heavy atom. The van der Waals surface area contributed by atoms with Gasteiger partial charge in [-0.25, -0.2) is 0 Å². The van der Waals surface area contributed by atoms with Crippen LogP contribution >= 0.6 is 0 Å². The van der Waals surface area contributed by atoms with Crippen LogP contribution in [0, 0.1) is 23.2 Å². The van der Waals surface area contributed by atoms with Gasteiger partial charge in [0.2, 0.25) is 0 Å². The van der Waals surface area contributed by atoms with Crippen molar-refractivity contribution in [3.05, 3.63) is 108 Å². The van der Waals surface area contributed by atoms with Crippen LogP contribution in [0.3, 0.4) is 0 Å². The molecule has 0 saturated carbocycles. The molecule has 2 rings (SSSR count). The second kappa shape index (κ2) is 29.0. The Morgan fingerprint density at radius 1 is 0.934 bits per heavy atom. The molecular weight excluding hydrogens is 777 g/mol. The number of allylic oxidation sites excluding steroid dienone is 15. The Morgan fingerprint density at radius 2 is 1.61 bits per heavy atom. The number of hydrogen-bond acceptors (Lipinski definition) is 10. The highest BCUT2D eigenvalue weighted by molar-refractivity contribution is 6.04. The minimum atomic E-state index is -1.54. The van der Waals surface area contributed by atoms with Crippen LogP contribution in [-0.4, -0.2) is 107 Å². The molecule has 0 aromatic rings. The molecule has 8 N–H and O–H groups in total. The summed E-state index contributed by atoms with van der Waals surface area (Å²) in [6, 6.07) is 0. The van der Waals surface area contributed by atoms with Gasteiger partial charge in [-0.2, -0.15) is 0 Å². The van der Waals surface area contributed by atoms with Crippen molar-refractivity contribution in [3.63, 3.8) is 0 Å². The summed E-state index contributed by atoms with van der Waals surface area (Å²) in [5.41, 5.74) is 7.10. The summed E-state index contributed by atoms with van der Waals surface area (Å²) in [6.45, 7) is 12.5. The molecule has 13 nitrogen and oxygen atoms in total. The lowest BCUT2D eigenvalue weighted by molar-refractivity contribution is -0.310. The van der Waals surface area contributed by atoms with E-state index < -0.39 is 43.4 Å². The first-order chi connectivity index (χ1) is 29.1. The minimum absolute atomic E-state index is 0.0927. The number of aliphatic hydroxyl groups excluding tert-OH is 4. The van der Waals surface area contributed by atoms with E-state index in [1.807, 2.05) is 64.3 Å². The van der Waals surface area contributed by atoms with Crippen molar-refractivity contribution < 1.29 is 44.2 Å². The van der Waals surface area contributed by atoms with Gasteiger partial charge in [-0.05, 0) is 76.7 Å². The van der Waals surface area contributed by atoms with Gasteiger partial charge in [-0.3, -0.25) is 15.0 Å². The molecule has 1 aliphatic heterocycles. The fourth-order valence-corrected chi connectivity index (χ4v) is 6.80. The Hall–Kier alpha value is -4.37. The molecule has 0 aromatic heterocycles. The number of carbonyl (C=O) groups is 2. The molecule has 9 unspecified atom stereocenters. The van der Waals surface area contributed by atoms with Crippen molar-refractivity contribution in [2.24, 2.45) is 23.5 Å². The highest BCUT2D eigenvalue weighted by Gasteiger charge is 2.45. The van der Waals surface area contributed by atoms with Crippen LogP contribution < -0.4 is 11.1 Å². The monoisotopic (exact) mass is 851 g/mol. The van der Waals surface area contributed by atoms with E-state index in [2.05, 4.69) is 49.5 Å². The van der Waals surface area contributed by atoms with Gasteiger partial charge >= 0.3 is 0 Å². The normalized spacial score (nSPS) is 24.0. The molecule has 340 valence electrons. The van der Waals surface area contributed by atoms with Crippen molar-refractivity contribution in [2.45, 2.75) is 130 Å². The number of nitrogens with two attached hydrogens (primary N) is 1. The zero-order valence-corrected chi connectivity index (χ0v) is 37.4. The lowest BCUT2D eigenvalue weighted by atomic mass is 9.92. The van der Waals surface area contributed by atoms with Crippen LogP contribution in [0.1, 0.15) is 92.9 Å². The number of aliphatic hydroxyl groups is 4. The highest BCUT2D eigenvalue weighted by atomic mass is 16.7. The maximum Gasteiger partial charge on any atom is 0.251 e. The van der Waals surface area contributed by atoms with Crippen LogP contribution in [0.2, 0.25) is 0 Å². The van der Waals surface area contributed by atoms with Crippen LogP contribution in [0.25, 0.3) is 0 Å². The molecule has 13 heteroatoms. The Kier molecular flexibility index (Phi) is 25.1. The fraction of sp³-hybridized carbons (Fsp3) is 0.562. The maximum absolute atomic E-state index is 12.6. The van der Waals surface area contributed by atoms with E-state index in [1.165, 1.54) is 0 Å². The summed E-state index contributed by atoms with van der Waals surface area (Å²) < 4.78 is 17.5. The van der Waals surface area contributed by atoms with E-state index in [0.717, 1.165) is 50.6 Å². The van der Waals surface area contributed by atoms with Gasteiger partial charge in [0, 0.05) is 37.9 Å². The van der Waals surface area contributed by atoms with E-state index in [9.17, 15) is 30.0 Å². The van der Waals surface area contributed by atoms with Crippen molar-refractivity contribution in [2.75, 3.05) is 26.8 Å². The van der Waals surface area contributed by atoms with Crippen molar-refractivity contribution >= 4 is 17.6 Å². The number of Topliss-reactive ketones (excluding diaryl/α,β-unsaturated/α-hetero) is 1. The summed E-state index contributed by atoms with van der Waals surface area (Å²) in [5, 5.41) is 51.3. The summed E-state index contributed by atoms with van der Waals surface area (Å²) in [7, 11) is 1.83. The van der Waals surface area contributed by atoms with Crippen LogP contribution in [-0.2, 0) is 23.8 Å². The Labute approximate surface area is 364 Å². The first kappa shape index (κ1) is 52.8. The van der Waals surface area contributed by atoms with Gasteiger partial charge in [0.1, 0.15) is 35.9 Å². The Balaban J connectivity index is 1.99. The number of unbranched alkanes of at least 4 members (excludes halogenated alkanes) is 2. The lowest BCUT2D eigenvalue weighted by Gasteiger charge is -2.41. The van der Waals surface area contributed by atoms with Gasteiger partial charge in [0.05, 0.1) is 19.3 Å². The number of amides is 1. The topological polar surface area (TPSA) is 208 Å². The van der Waals surface area contributed by atoms with Gasteiger partial charge in [0.25, 0.3) is 5.91 Å². The van der Waals surface area contributed by atoms with E-state index >= 15 is 0 Å². The summed E-state index contributed by atoms with van der Waals surface area (Å²) >= 11 is 0. The van der Waals surface area contributed by atoms with Crippen LogP contribution in [0.5, 0.6) is 0 Å². The van der Waals surface area contributed by atoms with E-state index in [4.69, 9.17) is 25.4 Å². The largest absolute Gasteiger partial charge is 0.496 e. The molecule has 1 amide bonds. The third kappa shape index (κ3) is 19.5. The number of nitrogens with zero attached hydrogens (tertiary/aromatic N) is 1. The number of ether oxygens (including phenoxy) is 3. The molecule has 9 atom stereocenters. The first-order valence-electron chi connectivity index (χ1n) is 21.7. The number of rotatable bonds is 26. The smallest absolute Gasteiger partial charge is 0.251 e. The number of ketones is 1. The third-order valence-corrected chi connectivity index (χ3v) is 10.5. The Bertz CT molecular complexity index is 1660. The van der Waals surface area contributed by atoms with Crippen LogP contribution in [0.15, 0.2) is 108 Å². The maximum atomic E-state index is 12.6. The molecule has 61 heavy (non-hydrogen) atoms. The zero-order valence-electron chi connectivity index (χ0n) is 37.4.